The van der Waals surface area contributed by atoms with Crippen LogP contribution in [-0.2, 0) is 10.8 Å². The number of rotatable bonds is 6. The molecule has 0 saturated heterocycles. The van der Waals surface area contributed by atoms with Crippen LogP contribution in [-0.4, -0.2) is 26.8 Å². The summed E-state index contributed by atoms with van der Waals surface area (Å²) < 4.78 is 12.7. The molecule has 2 nitrogen and oxygen atoms in total. The van der Waals surface area contributed by atoms with Crippen molar-refractivity contribution in [2.24, 2.45) is 5.92 Å². The third-order valence-electron chi connectivity index (χ3n) is 4.13. The molecule has 1 aliphatic rings. The van der Waals surface area contributed by atoms with E-state index in [-0.39, 0.29) is 4.75 Å². The molecule has 1 N–H and O–H groups in total. The van der Waals surface area contributed by atoms with Crippen LogP contribution in [0.15, 0.2) is 0 Å². The lowest BCUT2D eigenvalue weighted by atomic mass is 9.83. The third-order valence-corrected chi connectivity index (χ3v) is 6.41. The van der Waals surface area contributed by atoms with Crippen molar-refractivity contribution in [3.63, 3.8) is 0 Å². The molecule has 1 fully saturated rings. The molecule has 19 heavy (non-hydrogen) atoms. The summed E-state index contributed by atoms with van der Waals surface area (Å²) in [5, 5.41) is 3.99. The Bertz CT molecular complexity index is 285. The van der Waals surface area contributed by atoms with Gasteiger partial charge in [-0.15, -0.1) is 0 Å². The molecule has 0 aliphatic heterocycles. The molecule has 0 amide bonds. The summed E-state index contributed by atoms with van der Waals surface area (Å²) in [5.41, 5.74) is 0. The molecule has 0 aromatic carbocycles. The molecule has 4 atom stereocenters. The Balaban J connectivity index is 2.73. The quantitative estimate of drug-likeness (QED) is 0.803. The maximum absolute atomic E-state index is 12.8. The number of hydrogen-bond acceptors (Lipinski definition) is 2. The summed E-state index contributed by atoms with van der Waals surface area (Å²) in [6.45, 7) is 11.9. The van der Waals surface area contributed by atoms with E-state index in [1.54, 1.807) is 0 Å². The highest BCUT2D eigenvalue weighted by Gasteiger charge is 2.37. The van der Waals surface area contributed by atoms with Crippen molar-refractivity contribution in [1.82, 2.24) is 5.32 Å². The van der Waals surface area contributed by atoms with Crippen LogP contribution < -0.4 is 5.32 Å². The maximum atomic E-state index is 12.8. The fourth-order valence-electron chi connectivity index (χ4n) is 3.14. The van der Waals surface area contributed by atoms with Crippen LogP contribution in [0.25, 0.3) is 0 Å². The van der Waals surface area contributed by atoms with Gasteiger partial charge in [-0.05, 0) is 58.9 Å². The standard InChI is InChI=1S/C16H33NOS/c1-6-8-13-9-10-14(17-11-7-2)15(12-13)19(18)16(3,4)5/h13-15,17H,6-12H2,1-5H3. The van der Waals surface area contributed by atoms with Gasteiger partial charge >= 0.3 is 0 Å². The van der Waals surface area contributed by atoms with Gasteiger partial charge < -0.3 is 5.32 Å². The van der Waals surface area contributed by atoms with E-state index in [2.05, 4.69) is 39.9 Å². The summed E-state index contributed by atoms with van der Waals surface area (Å²) in [6.07, 6.45) is 7.39. The van der Waals surface area contributed by atoms with E-state index >= 15 is 0 Å². The summed E-state index contributed by atoms with van der Waals surface area (Å²) in [4.78, 5) is 0. The Kier molecular flexibility index (Phi) is 7.02. The first-order valence-corrected chi connectivity index (χ1v) is 9.25. The molecule has 3 heteroatoms. The fourth-order valence-corrected chi connectivity index (χ4v) is 5.02. The van der Waals surface area contributed by atoms with Crippen LogP contribution in [0.1, 0.15) is 73.1 Å². The van der Waals surface area contributed by atoms with Crippen molar-refractivity contribution in [3.05, 3.63) is 0 Å². The SMILES string of the molecule is CCCNC1CCC(CCC)CC1S(=O)C(C)(C)C. The monoisotopic (exact) mass is 287 g/mol. The van der Waals surface area contributed by atoms with Crippen LogP contribution in [0.3, 0.4) is 0 Å². The average Bonchev–Trinajstić information content (AvgIpc) is 2.35. The van der Waals surface area contributed by atoms with Crippen LogP contribution in [0.2, 0.25) is 0 Å². The maximum Gasteiger partial charge on any atom is 0.0509 e. The minimum absolute atomic E-state index is 0.0923. The van der Waals surface area contributed by atoms with E-state index in [1.165, 1.54) is 25.7 Å². The van der Waals surface area contributed by atoms with Gasteiger partial charge in [0, 0.05) is 21.6 Å². The molecule has 1 rings (SSSR count). The topological polar surface area (TPSA) is 29.1 Å². The second-order valence-electron chi connectivity index (χ2n) is 6.98. The van der Waals surface area contributed by atoms with Gasteiger partial charge in [0.1, 0.15) is 0 Å². The van der Waals surface area contributed by atoms with Crippen molar-refractivity contribution in [3.8, 4) is 0 Å². The van der Waals surface area contributed by atoms with Crippen molar-refractivity contribution < 1.29 is 4.21 Å². The first-order valence-electron chi connectivity index (χ1n) is 8.04. The van der Waals surface area contributed by atoms with Crippen molar-refractivity contribution in [2.75, 3.05) is 6.54 Å². The van der Waals surface area contributed by atoms with E-state index in [0.717, 1.165) is 25.3 Å². The van der Waals surface area contributed by atoms with Gasteiger partial charge in [-0.25, -0.2) is 0 Å². The Labute approximate surface area is 122 Å². The third kappa shape index (κ3) is 5.18. The predicted molar refractivity (Wildman–Crippen MR) is 86.0 cm³/mol. The molecule has 4 unspecified atom stereocenters. The lowest BCUT2D eigenvalue weighted by Gasteiger charge is -2.39. The molecule has 0 heterocycles. The lowest BCUT2D eigenvalue weighted by molar-refractivity contribution is 0.282. The minimum Gasteiger partial charge on any atom is -0.313 e. The highest BCUT2D eigenvalue weighted by Crippen LogP contribution is 2.34. The number of hydrogen-bond donors (Lipinski definition) is 1. The Hall–Kier alpha value is 0.110. The molecule has 1 aliphatic carbocycles. The van der Waals surface area contributed by atoms with Gasteiger partial charge in [0.2, 0.25) is 0 Å². The van der Waals surface area contributed by atoms with Gasteiger partial charge in [-0.2, -0.15) is 0 Å². The summed E-state index contributed by atoms with van der Waals surface area (Å²) in [6, 6.07) is 0.466. The van der Waals surface area contributed by atoms with E-state index in [9.17, 15) is 4.21 Å². The zero-order valence-corrected chi connectivity index (χ0v) is 14.3. The van der Waals surface area contributed by atoms with E-state index in [1.807, 2.05) is 0 Å². The molecule has 0 spiro atoms. The number of nitrogens with one attached hydrogen (secondary N) is 1. The summed E-state index contributed by atoms with van der Waals surface area (Å²) in [7, 11) is -0.744. The van der Waals surface area contributed by atoms with Crippen LogP contribution in [0, 0.1) is 5.92 Å². The first kappa shape index (κ1) is 17.2. The van der Waals surface area contributed by atoms with Gasteiger partial charge in [-0.1, -0.05) is 26.7 Å². The molecule has 0 aromatic heterocycles. The fraction of sp³-hybridized carbons (Fsp3) is 1.00. The van der Waals surface area contributed by atoms with Gasteiger partial charge in [0.15, 0.2) is 0 Å². The molecule has 0 bridgehead atoms. The van der Waals surface area contributed by atoms with Crippen molar-refractivity contribution in [1.29, 1.82) is 0 Å². The zero-order valence-electron chi connectivity index (χ0n) is 13.5. The molecular formula is C16H33NOS. The van der Waals surface area contributed by atoms with Gasteiger partial charge in [0.25, 0.3) is 0 Å². The van der Waals surface area contributed by atoms with E-state index < -0.39 is 10.8 Å². The largest absolute Gasteiger partial charge is 0.313 e. The predicted octanol–water partition coefficient (Wildman–Crippen LogP) is 3.87. The summed E-state index contributed by atoms with van der Waals surface area (Å²) >= 11 is 0. The Morgan fingerprint density at radius 1 is 1.16 bits per heavy atom. The summed E-state index contributed by atoms with van der Waals surface area (Å²) in [5.74, 6) is 0.793. The van der Waals surface area contributed by atoms with Crippen LogP contribution in [0.5, 0.6) is 0 Å². The molecule has 1 saturated carbocycles. The lowest BCUT2D eigenvalue weighted by Crippen LogP contribution is -2.50. The van der Waals surface area contributed by atoms with Crippen molar-refractivity contribution in [2.45, 2.75) is 89.2 Å². The molecule has 0 radical (unpaired) electrons. The van der Waals surface area contributed by atoms with Crippen LogP contribution >= 0.6 is 0 Å². The molecule has 0 aromatic rings. The smallest absolute Gasteiger partial charge is 0.0509 e. The molecular weight excluding hydrogens is 254 g/mol. The highest BCUT2D eigenvalue weighted by molar-refractivity contribution is 7.87. The van der Waals surface area contributed by atoms with E-state index in [4.69, 9.17) is 0 Å². The Morgan fingerprint density at radius 2 is 1.84 bits per heavy atom. The normalized spacial score (nSPS) is 30.3. The van der Waals surface area contributed by atoms with Crippen LogP contribution in [0.4, 0.5) is 0 Å². The van der Waals surface area contributed by atoms with Gasteiger partial charge in [-0.3, -0.25) is 4.21 Å². The Morgan fingerprint density at radius 3 is 2.37 bits per heavy atom. The second kappa shape index (κ2) is 7.78. The first-order chi connectivity index (χ1) is 8.90. The molecule has 114 valence electrons. The van der Waals surface area contributed by atoms with E-state index in [0.29, 0.717) is 11.3 Å². The average molecular weight is 288 g/mol. The minimum atomic E-state index is -0.744. The highest BCUT2D eigenvalue weighted by atomic mass is 32.2. The van der Waals surface area contributed by atoms with Gasteiger partial charge in [0.05, 0.1) is 5.25 Å². The second-order valence-corrected chi connectivity index (χ2v) is 9.40. The zero-order chi connectivity index (χ0) is 14.5. The van der Waals surface area contributed by atoms with Crippen molar-refractivity contribution >= 4 is 10.8 Å².